The Labute approximate surface area is 284 Å². The second kappa shape index (κ2) is 14.8. The Morgan fingerprint density at radius 3 is 2.78 bits per heavy atom. The zero-order valence-electron chi connectivity index (χ0n) is 27.5. The largest absolute Gasteiger partial charge is 0.508 e. The minimum absolute atomic E-state index is 0.0140. The number of rotatable bonds is 11. The molecule has 258 valence electrons. The molecular weight excluding hydrogens is 629 g/mol. The number of aromatic hydroxyl groups is 1. The normalized spacial score (nSPS) is 20.2. The highest BCUT2D eigenvalue weighted by molar-refractivity contribution is 6.01. The number of hydrogen-bond donors (Lipinski definition) is 3. The van der Waals surface area contributed by atoms with E-state index in [4.69, 9.17) is 14.7 Å². The van der Waals surface area contributed by atoms with Gasteiger partial charge in [0.05, 0.1) is 43.5 Å². The number of carbonyl (C=O) groups excluding carboxylic acids is 1. The average Bonchev–Trinajstić information content (AvgIpc) is 3.55. The van der Waals surface area contributed by atoms with E-state index in [0.717, 1.165) is 52.7 Å². The van der Waals surface area contributed by atoms with E-state index < -0.39 is 23.9 Å². The third kappa shape index (κ3) is 7.17. The van der Waals surface area contributed by atoms with E-state index in [0.29, 0.717) is 38.4 Å². The number of phenolic OH excluding ortho intramolecular Hbond substituents is 1. The smallest absolute Gasteiger partial charge is 0.318 e. The molecular formula is C36H42FN7O5. The van der Waals surface area contributed by atoms with Crippen LogP contribution in [0.3, 0.4) is 0 Å². The van der Waals surface area contributed by atoms with Crippen LogP contribution in [0, 0.1) is 11.3 Å². The predicted molar refractivity (Wildman–Crippen MR) is 184 cm³/mol. The number of carbonyl (C=O) groups is 1. The maximum Gasteiger partial charge on any atom is 0.318 e. The molecule has 3 aliphatic rings. The molecule has 3 aliphatic heterocycles. The van der Waals surface area contributed by atoms with Gasteiger partial charge in [0.15, 0.2) is 5.83 Å². The first kappa shape index (κ1) is 34.1. The number of halogens is 1. The van der Waals surface area contributed by atoms with Crippen molar-refractivity contribution in [3.05, 3.63) is 66.1 Å². The number of nitrogens with zero attached hydrogens (tertiary/aromatic N) is 7. The first-order valence-electron chi connectivity index (χ1n) is 16.7. The molecule has 6 rings (SSSR count). The Morgan fingerprint density at radius 2 is 2.02 bits per heavy atom. The lowest BCUT2D eigenvalue weighted by molar-refractivity contribution is -0.131. The molecule has 2 saturated heterocycles. The quantitative estimate of drug-likeness (QED) is 0.258. The van der Waals surface area contributed by atoms with Crippen LogP contribution in [0.4, 0.5) is 15.9 Å². The minimum Gasteiger partial charge on any atom is -0.508 e. The van der Waals surface area contributed by atoms with Crippen LogP contribution in [0.15, 0.2) is 49.3 Å². The fraction of sp³-hybridized carbons (Fsp3) is 0.444. The second-order valence-electron chi connectivity index (χ2n) is 12.8. The summed E-state index contributed by atoms with van der Waals surface area (Å²) in [4.78, 5) is 30.1. The lowest BCUT2D eigenvalue weighted by Gasteiger charge is -2.42. The van der Waals surface area contributed by atoms with Crippen molar-refractivity contribution in [2.75, 3.05) is 62.3 Å². The van der Waals surface area contributed by atoms with Crippen LogP contribution < -0.4 is 14.5 Å². The fourth-order valence-electron chi connectivity index (χ4n) is 7.33. The first-order chi connectivity index (χ1) is 23.7. The van der Waals surface area contributed by atoms with Gasteiger partial charge in [-0.3, -0.25) is 9.69 Å². The van der Waals surface area contributed by atoms with Gasteiger partial charge in [-0.25, -0.2) is 4.39 Å². The lowest BCUT2D eigenvalue weighted by atomic mass is 9.98. The van der Waals surface area contributed by atoms with Gasteiger partial charge >= 0.3 is 6.01 Å². The molecule has 2 fully saturated rings. The van der Waals surface area contributed by atoms with Gasteiger partial charge in [0, 0.05) is 61.5 Å². The van der Waals surface area contributed by atoms with Gasteiger partial charge in [0.2, 0.25) is 0 Å². The number of aliphatic hydroxyl groups excluding tert-OH is 2. The Morgan fingerprint density at radius 1 is 1.18 bits per heavy atom. The Kier molecular flexibility index (Phi) is 10.3. The Hall–Kier alpha value is -4.77. The number of ether oxygens (including phenoxy) is 1. The topological polar surface area (TPSA) is 150 Å². The molecule has 0 spiro atoms. The fourth-order valence-corrected chi connectivity index (χ4v) is 7.33. The van der Waals surface area contributed by atoms with Crippen molar-refractivity contribution < 1.29 is 29.2 Å². The number of nitriles is 1. The van der Waals surface area contributed by atoms with Crippen molar-refractivity contribution in [1.82, 2.24) is 19.8 Å². The third-order valence-corrected chi connectivity index (χ3v) is 9.72. The molecule has 4 heterocycles. The maximum absolute atomic E-state index is 13.9. The van der Waals surface area contributed by atoms with E-state index in [-0.39, 0.29) is 50.5 Å². The van der Waals surface area contributed by atoms with E-state index in [1.807, 2.05) is 23.1 Å². The van der Waals surface area contributed by atoms with Gasteiger partial charge in [-0.05, 0) is 42.8 Å². The van der Waals surface area contributed by atoms with Crippen LogP contribution in [0.2, 0.25) is 0 Å². The zero-order valence-corrected chi connectivity index (χ0v) is 27.5. The SMILES string of the molecule is C=Cc1cccc2cc(O)cc(N3CCc4c(nc(OC[C@@H]5CCCN5CC(O)CO)nc4N4CCN(C(=O)C(=C)F)[C@@H](CC#N)C4)C3)c12. The van der Waals surface area contributed by atoms with Crippen LogP contribution in [0.1, 0.15) is 36.1 Å². The molecule has 3 N–H and O–H groups in total. The molecule has 0 bridgehead atoms. The summed E-state index contributed by atoms with van der Waals surface area (Å²) in [6, 6.07) is 11.2. The number of piperazine rings is 1. The Bertz CT molecular complexity index is 1780. The van der Waals surface area contributed by atoms with Crippen molar-refractivity contribution in [2.45, 2.75) is 50.4 Å². The molecule has 3 aromatic rings. The summed E-state index contributed by atoms with van der Waals surface area (Å²) in [5.41, 5.74) is 3.49. The van der Waals surface area contributed by atoms with Crippen molar-refractivity contribution in [1.29, 1.82) is 5.26 Å². The van der Waals surface area contributed by atoms with Gasteiger partial charge in [-0.15, -0.1) is 0 Å². The number of aliphatic hydroxyl groups is 2. The highest BCUT2D eigenvalue weighted by Crippen LogP contribution is 2.38. The number of β-amino-alcohol motifs (C(OH)–C–C–N with tert-alkyl or cyclic N) is 1. The number of anilines is 2. The van der Waals surface area contributed by atoms with Crippen molar-refractivity contribution in [2.24, 2.45) is 0 Å². The summed E-state index contributed by atoms with van der Waals surface area (Å²) in [5, 5.41) is 41.5. The van der Waals surface area contributed by atoms with Crippen LogP contribution in [-0.2, 0) is 17.8 Å². The summed E-state index contributed by atoms with van der Waals surface area (Å²) in [5.74, 6) is -1.06. The van der Waals surface area contributed by atoms with Crippen molar-refractivity contribution >= 4 is 34.3 Å². The van der Waals surface area contributed by atoms with Crippen LogP contribution in [0.5, 0.6) is 11.8 Å². The minimum atomic E-state index is -1.06. The summed E-state index contributed by atoms with van der Waals surface area (Å²) >= 11 is 0. The molecule has 49 heavy (non-hydrogen) atoms. The van der Waals surface area contributed by atoms with E-state index in [9.17, 15) is 29.8 Å². The van der Waals surface area contributed by atoms with E-state index >= 15 is 0 Å². The van der Waals surface area contributed by atoms with Gasteiger partial charge in [-0.1, -0.05) is 37.4 Å². The van der Waals surface area contributed by atoms with E-state index in [1.165, 1.54) is 4.90 Å². The molecule has 2 aromatic carbocycles. The van der Waals surface area contributed by atoms with Crippen molar-refractivity contribution in [3.63, 3.8) is 0 Å². The average molecular weight is 672 g/mol. The summed E-state index contributed by atoms with van der Waals surface area (Å²) < 4.78 is 20.2. The van der Waals surface area contributed by atoms with Crippen molar-refractivity contribution in [3.8, 4) is 17.8 Å². The van der Waals surface area contributed by atoms with Crippen LogP contribution >= 0.6 is 0 Å². The van der Waals surface area contributed by atoms with E-state index in [2.05, 4.69) is 29.0 Å². The predicted octanol–water partition coefficient (Wildman–Crippen LogP) is 3.15. The first-order valence-corrected chi connectivity index (χ1v) is 16.7. The summed E-state index contributed by atoms with van der Waals surface area (Å²) in [7, 11) is 0. The summed E-state index contributed by atoms with van der Waals surface area (Å²) in [6.07, 6.45) is 3.38. The van der Waals surface area contributed by atoms with Gasteiger partial charge in [0.1, 0.15) is 18.2 Å². The monoisotopic (exact) mass is 671 g/mol. The van der Waals surface area contributed by atoms with Crippen LogP contribution in [-0.4, -0.2) is 112 Å². The number of amides is 1. The number of likely N-dealkylation sites (tertiary alicyclic amines) is 1. The molecule has 1 aromatic heterocycles. The third-order valence-electron chi connectivity index (χ3n) is 9.72. The zero-order chi connectivity index (χ0) is 34.7. The molecule has 0 saturated carbocycles. The molecule has 1 amide bonds. The summed E-state index contributed by atoms with van der Waals surface area (Å²) in [6.45, 7) is 10.1. The number of benzene rings is 2. The standard InChI is InChI=1S/C36H42FN7O5/c1-3-24-6-4-7-25-16-28(46)17-32(33(24)25)42-13-10-30-31(20-42)39-36(49-22-27-8-5-12-41(27)19-29(47)21-45)40-34(30)43-14-15-44(35(48)23(2)37)26(18-43)9-11-38/h3-4,6-7,16-17,26-27,29,45-47H,1-2,5,8-10,12-15,18-22H2/t26-,27-,29?/m0/s1. The second-order valence-corrected chi connectivity index (χ2v) is 12.8. The Balaban J connectivity index is 1.34. The number of hydrogen-bond acceptors (Lipinski definition) is 11. The molecule has 1 unspecified atom stereocenters. The molecule has 0 aliphatic carbocycles. The highest BCUT2D eigenvalue weighted by Gasteiger charge is 2.35. The van der Waals surface area contributed by atoms with Crippen LogP contribution in [0.25, 0.3) is 16.8 Å². The lowest BCUT2D eigenvalue weighted by Crippen LogP contribution is -2.55. The maximum atomic E-state index is 13.9. The van der Waals surface area contributed by atoms with Gasteiger partial charge in [-0.2, -0.15) is 15.2 Å². The number of fused-ring (bicyclic) bond motifs is 2. The molecule has 13 heteroatoms. The van der Waals surface area contributed by atoms with E-state index in [1.54, 1.807) is 18.2 Å². The number of phenols is 1. The number of aromatic nitrogens is 2. The molecule has 0 radical (unpaired) electrons. The molecule has 3 atom stereocenters. The van der Waals surface area contributed by atoms with Gasteiger partial charge in [0.25, 0.3) is 5.91 Å². The molecule has 12 nitrogen and oxygen atoms in total. The van der Waals surface area contributed by atoms with Gasteiger partial charge < -0.3 is 34.8 Å². The highest BCUT2D eigenvalue weighted by atomic mass is 19.1.